The van der Waals surface area contributed by atoms with Gasteiger partial charge in [0.15, 0.2) is 23.6 Å². The predicted octanol–water partition coefficient (Wildman–Crippen LogP) is 3.43. The molecule has 1 amide bonds. The molecule has 0 fully saturated rings. The molecule has 0 aromatic heterocycles. The van der Waals surface area contributed by atoms with Gasteiger partial charge < -0.3 is 10.1 Å². The highest BCUT2D eigenvalue weighted by atomic mass is 19.2. The van der Waals surface area contributed by atoms with Gasteiger partial charge in [-0.25, -0.2) is 22.4 Å². The van der Waals surface area contributed by atoms with Crippen molar-refractivity contribution < 1.29 is 31.9 Å². The summed E-state index contributed by atoms with van der Waals surface area (Å²) in [6.07, 6.45) is -1.38. The van der Waals surface area contributed by atoms with Crippen LogP contribution in [0.5, 0.6) is 0 Å². The van der Waals surface area contributed by atoms with Gasteiger partial charge in [0.1, 0.15) is 5.82 Å². The van der Waals surface area contributed by atoms with Crippen LogP contribution in [0.3, 0.4) is 0 Å². The lowest BCUT2D eigenvalue weighted by molar-refractivity contribution is -0.123. The Hall–Kier alpha value is -2.90. The minimum Gasteiger partial charge on any atom is -0.449 e. The number of anilines is 1. The Kier molecular flexibility index (Phi) is 5.18. The van der Waals surface area contributed by atoms with Crippen LogP contribution in [0.25, 0.3) is 0 Å². The van der Waals surface area contributed by atoms with Gasteiger partial charge in [0.2, 0.25) is 0 Å². The number of benzene rings is 2. The number of hydrogen-bond acceptors (Lipinski definition) is 3. The average Bonchev–Trinajstić information content (AvgIpc) is 2.55. The molecule has 0 unspecified atom stereocenters. The number of ether oxygens (including phenoxy) is 1. The molecular weight excluding hydrogens is 330 g/mol. The van der Waals surface area contributed by atoms with Crippen LogP contribution in [0, 0.1) is 23.3 Å². The fourth-order valence-corrected chi connectivity index (χ4v) is 1.75. The molecule has 0 bridgehead atoms. The zero-order valence-electron chi connectivity index (χ0n) is 12.3. The first-order valence-electron chi connectivity index (χ1n) is 6.70. The van der Waals surface area contributed by atoms with Crippen molar-refractivity contribution in [1.29, 1.82) is 0 Å². The summed E-state index contributed by atoms with van der Waals surface area (Å²) in [5, 5.41) is 1.97. The van der Waals surface area contributed by atoms with E-state index in [1.165, 1.54) is 19.1 Å². The summed E-state index contributed by atoms with van der Waals surface area (Å²) >= 11 is 0. The second-order valence-electron chi connectivity index (χ2n) is 4.77. The van der Waals surface area contributed by atoms with Crippen molar-refractivity contribution in [3.63, 3.8) is 0 Å². The summed E-state index contributed by atoms with van der Waals surface area (Å²) in [7, 11) is 0. The van der Waals surface area contributed by atoms with Gasteiger partial charge in [-0.3, -0.25) is 4.79 Å². The number of hydrogen-bond donors (Lipinski definition) is 1. The van der Waals surface area contributed by atoms with Crippen LogP contribution in [0.15, 0.2) is 36.4 Å². The Balaban J connectivity index is 2.05. The number of esters is 1. The standard InChI is InChI=1S/C16H11F4NO3/c1-8(24-16(23)9-3-2-4-10(17)7-9)15(22)21-12-6-5-11(18)13(19)14(12)20/h2-8H,1H3,(H,21,22)/t8-/m1/s1. The van der Waals surface area contributed by atoms with E-state index in [9.17, 15) is 27.2 Å². The number of amides is 1. The summed E-state index contributed by atoms with van der Waals surface area (Å²) in [5.41, 5.74) is -0.721. The van der Waals surface area contributed by atoms with Gasteiger partial charge in [0.05, 0.1) is 11.3 Å². The molecular formula is C16H11F4NO3. The predicted molar refractivity (Wildman–Crippen MR) is 76.2 cm³/mol. The van der Waals surface area contributed by atoms with Gasteiger partial charge >= 0.3 is 5.97 Å². The Bertz CT molecular complexity index is 795. The Morgan fingerprint density at radius 1 is 1.04 bits per heavy atom. The summed E-state index contributed by atoms with van der Waals surface area (Å²) in [6, 6.07) is 6.07. The SMILES string of the molecule is C[C@@H](OC(=O)c1cccc(F)c1)C(=O)Nc1ccc(F)c(F)c1F. The van der Waals surface area contributed by atoms with Gasteiger partial charge in [0.25, 0.3) is 5.91 Å². The van der Waals surface area contributed by atoms with Gasteiger partial charge in [-0.1, -0.05) is 6.07 Å². The number of nitrogens with one attached hydrogen (secondary N) is 1. The highest BCUT2D eigenvalue weighted by molar-refractivity contribution is 5.97. The summed E-state index contributed by atoms with van der Waals surface area (Å²) in [5.74, 6) is -7.32. The van der Waals surface area contributed by atoms with Gasteiger partial charge in [0, 0.05) is 0 Å². The fourth-order valence-electron chi connectivity index (χ4n) is 1.75. The van der Waals surface area contributed by atoms with E-state index in [4.69, 9.17) is 4.74 Å². The van der Waals surface area contributed by atoms with E-state index in [1.807, 2.05) is 5.32 Å². The van der Waals surface area contributed by atoms with Crippen LogP contribution >= 0.6 is 0 Å². The zero-order chi connectivity index (χ0) is 17.9. The van der Waals surface area contributed by atoms with Crippen molar-refractivity contribution in [2.24, 2.45) is 0 Å². The molecule has 4 nitrogen and oxygen atoms in total. The highest BCUT2D eigenvalue weighted by Crippen LogP contribution is 2.20. The van der Waals surface area contributed by atoms with E-state index in [2.05, 4.69) is 0 Å². The number of halogens is 4. The fraction of sp³-hybridized carbons (Fsp3) is 0.125. The van der Waals surface area contributed by atoms with Crippen LogP contribution < -0.4 is 5.32 Å². The number of rotatable bonds is 4. The lowest BCUT2D eigenvalue weighted by Crippen LogP contribution is -2.30. The Labute approximate surface area is 134 Å². The molecule has 24 heavy (non-hydrogen) atoms. The van der Waals surface area contributed by atoms with Crippen molar-refractivity contribution in [3.05, 3.63) is 65.2 Å². The van der Waals surface area contributed by atoms with E-state index < -0.39 is 46.9 Å². The highest BCUT2D eigenvalue weighted by Gasteiger charge is 2.22. The molecule has 2 aromatic carbocycles. The lowest BCUT2D eigenvalue weighted by Gasteiger charge is -2.14. The van der Waals surface area contributed by atoms with E-state index in [1.54, 1.807) is 0 Å². The molecule has 0 saturated carbocycles. The zero-order valence-corrected chi connectivity index (χ0v) is 12.3. The molecule has 8 heteroatoms. The molecule has 2 aromatic rings. The van der Waals surface area contributed by atoms with Gasteiger partial charge in [-0.05, 0) is 37.3 Å². The maximum absolute atomic E-state index is 13.5. The van der Waals surface area contributed by atoms with Crippen molar-refractivity contribution >= 4 is 17.6 Å². The molecule has 0 aliphatic heterocycles. The van der Waals surface area contributed by atoms with Crippen LogP contribution in [0.1, 0.15) is 17.3 Å². The van der Waals surface area contributed by atoms with Crippen molar-refractivity contribution in [3.8, 4) is 0 Å². The monoisotopic (exact) mass is 341 g/mol. The second kappa shape index (κ2) is 7.12. The van der Waals surface area contributed by atoms with E-state index in [0.29, 0.717) is 6.07 Å². The molecule has 0 saturated heterocycles. The Morgan fingerprint density at radius 2 is 1.75 bits per heavy atom. The second-order valence-corrected chi connectivity index (χ2v) is 4.77. The lowest BCUT2D eigenvalue weighted by atomic mass is 10.2. The summed E-state index contributed by atoms with van der Waals surface area (Å²) < 4.78 is 57.2. The quantitative estimate of drug-likeness (QED) is 0.527. The first-order valence-corrected chi connectivity index (χ1v) is 6.70. The topological polar surface area (TPSA) is 55.4 Å². The van der Waals surface area contributed by atoms with Crippen molar-refractivity contribution in [2.75, 3.05) is 5.32 Å². The minimum atomic E-state index is -1.74. The molecule has 2 rings (SSSR count). The van der Waals surface area contributed by atoms with Crippen LogP contribution in [-0.2, 0) is 9.53 Å². The van der Waals surface area contributed by atoms with Crippen molar-refractivity contribution in [2.45, 2.75) is 13.0 Å². The molecule has 0 spiro atoms. The van der Waals surface area contributed by atoms with Gasteiger partial charge in [-0.15, -0.1) is 0 Å². The average molecular weight is 341 g/mol. The molecule has 126 valence electrons. The van der Waals surface area contributed by atoms with Crippen LogP contribution in [0.2, 0.25) is 0 Å². The molecule has 0 heterocycles. The largest absolute Gasteiger partial charge is 0.449 e. The molecule has 0 aliphatic carbocycles. The van der Waals surface area contributed by atoms with Crippen LogP contribution in [-0.4, -0.2) is 18.0 Å². The van der Waals surface area contributed by atoms with Crippen molar-refractivity contribution in [1.82, 2.24) is 0 Å². The van der Waals surface area contributed by atoms with E-state index in [-0.39, 0.29) is 5.56 Å². The molecule has 0 aliphatic rings. The third-order valence-corrected chi connectivity index (χ3v) is 3.01. The molecule has 0 radical (unpaired) electrons. The maximum Gasteiger partial charge on any atom is 0.339 e. The minimum absolute atomic E-state index is 0.117. The third-order valence-electron chi connectivity index (χ3n) is 3.01. The van der Waals surface area contributed by atoms with Gasteiger partial charge in [-0.2, -0.15) is 0 Å². The summed E-state index contributed by atoms with van der Waals surface area (Å²) in [4.78, 5) is 23.6. The van der Waals surface area contributed by atoms with E-state index >= 15 is 0 Å². The molecule has 1 N–H and O–H groups in total. The third kappa shape index (κ3) is 3.89. The normalized spacial score (nSPS) is 11.7. The first kappa shape index (κ1) is 17.5. The first-order chi connectivity index (χ1) is 11.3. The number of carbonyl (C=O) groups excluding carboxylic acids is 2. The van der Waals surface area contributed by atoms with Crippen LogP contribution in [0.4, 0.5) is 23.2 Å². The summed E-state index contributed by atoms with van der Waals surface area (Å²) in [6.45, 7) is 1.18. The maximum atomic E-state index is 13.5. The molecule has 1 atom stereocenters. The number of carbonyl (C=O) groups is 2. The Morgan fingerprint density at radius 3 is 2.42 bits per heavy atom. The van der Waals surface area contributed by atoms with E-state index in [0.717, 1.165) is 18.2 Å². The smallest absolute Gasteiger partial charge is 0.339 e.